The molecule has 0 spiro atoms. The van der Waals surface area contributed by atoms with E-state index >= 15 is 0 Å². The molecule has 0 bridgehead atoms. The van der Waals surface area contributed by atoms with E-state index in [0.29, 0.717) is 10.7 Å². The van der Waals surface area contributed by atoms with Crippen LogP contribution in [-0.4, -0.2) is 23.5 Å². The van der Waals surface area contributed by atoms with Gasteiger partial charge in [0.2, 0.25) is 0 Å². The first-order valence-electron chi connectivity index (χ1n) is 7.87. The molecule has 2 nitrogen and oxygen atoms in total. The molecule has 1 N–H and O–H groups in total. The first-order valence-corrected chi connectivity index (χ1v) is 8.75. The van der Waals surface area contributed by atoms with Crippen LogP contribution in [0.4, 0.5) is 0 Å². The number of thioether (sulfide) groups is 1. The zero-order valence-electron chi connectivity index (χ0n) is 13.0. The second-order valence-electron chi connectivity index (χ2n) is 7.67. The Labute approximate surface area is 123 Å². The van der Waals surface area contributed by atoms with Gasteiger partial charge in [-0.05, 0) is 36.5 Å². The molecule has 2 aliphatic rings. The molecular formula is C16H30N2S. The monoisotopic (exact) mass is 282 g/mol. The molecule has 0 radical (unpaired) electrons. The minimum atomic E-state index is 0.418. The molecule has 0 aromatic carbocycles. The summed E-state index contributed by atoms with van der Waals surface area (Å²) in [6.45, 7) is 11.5. The summed E-state index contributed by atoms with van der Waals surface area (Å²) >= 11 is 1.97. The first-order chi connectivity index (χ1) is 8.92. The van der Waals surface area contributed by atoms with Gasteiger partial charge in [-0.1, -0.05) is 52.3 Å². The molecule has 1 fully saturated rings. The van der Waals surface area contributed by atoms with Gasteiger partial charge in [0.25, 0.3) is 0 Å². The fourth-order valence-corrected chi connectivity index (χ4v) is 4.64. The van der Waals surface area contributed by atoms with Gasteiger partial charge in [0.15, 0.2) is 5.17 Å². The lowest BCUT2D eigenvalue weighted by Gasteiger charge is -2.27. The van der Waals surface area contributed by atoms with Crippen LogP contribution >= 0.6 is 11.8 Å². The van der Waals surface area contributed by atoms with E-state index in [1.807, 2.05) is 11.8 Å². The largest absolute Gasteiger partial charge is 0.365 e. The van der Waals surface area contributed by atoms with E-state index in [2.05, 4.69) is 38.0 Å². The second kappa shape index (κ2) is 6.51. The number of amidine groups is 1. The minimum absolute atomic E-state index is 0.418. The van der Waals surface area contributed by atoms with Gasteiger partial charge in [0, 0.05) is 11.8 Å². The van der Waals surface area contributed by atoms with E-state index in [-0.39, 0.29) is 0 Å². The van der Waals surface area contributed by atoms with Crippen molar-refractivity contribution in [1.29, 1.82) is 0 Å². The Bertz CT molecular complexity index is 319. The van der Waals surface area contributed by atoms with Crippen molar-refractivity contribution in [2.75, 3.05) is 13.1 Å². The lowest BCUT2D eigenvalue weighted by atomic mass is 9.82. The Balaban J connectivity index is 1.67. The zero-order valence-corrected chi connectivity index (χ0v) is 13.9. The molecule has 110 valence electrons. The van der Waals surface area contributed by atoms with Gasteiger partial charge >= 0.3 is 0 Å². The molecule has 0 aromatic heterocycles. The molecule has 1 aliphatic heterocycles. The Morgan fingerprint density at radius 1 is 1.32 bits per heavy atom. The summed E-state index contributed by atoms with van der Waals surface area (Å²) in [6, 6.07) is 0. The third-order valence-corrected chi connectivity index (χ3v) is 5.29. The van der Waals surface area contributed by atoms with Crippen LogP contribution in [0, 0.1) is 17.3 Å². The summed E-state index contributed by atoms with van der Waals surface area (Å²) in [4.78, 5) is 4.67. The van der Waals surface area contributed by atoms with Crippen molar-refractivity contribution in [2.24, 2.45) is 22.2 Å². The fourth-order valence-electron chi connectivity index (χ4n) is 3.28. The molecule has 1 heterocycles. The van der Waals surface area contributed by atoms with Crippen molar-refractivity contribution in [3.05, 3.63) is 0 Å². The highest BCUT2D eigenvalue weighted by Crippen LogP contribution is 2.32. The zero-order chi connectivity index (χ0) is 13.9. The number of nitrogens with zero attached hydrogens (tertiary/aromatic N) is 1. The molecule has 3 heteroatoms. The van der Waals surface area contributed by atoms with Gasteiger partial charge in [-0.15, -0.1) is 0 Å². The number of aliphatic imine (C=N–C) groups is 1. The Morgan fingerprint density at radius 2 is 2.11 bits per heavy atom. The van der Waals surface area contributed by atoms with Gasteiger partial charge in [-0.3, -0.25) is 4.99 Å². The third kappa shape index (κ3) is 5.37. The van der Waals surface area contributed by atoms with Crippen molar-refractivity contribution in [3.8, 4) is 0 Å². The van der Waals surface area contributed by atoms with Gasteiger partial charge in [0.1, 0.15) is 0 Å². The maximum absolute atomic E-state index is 4.67. The molecule has 19 heavy (non-hydrogen) atoms. The van der Waals surface area contributed by atoms with Crippen molar-refractivity contribution in [3.63, 3.8) is 0 Å². The highest BCUT2D eigenvalue weighted by molar-refractivity contribution is 8.14. The summed E-state index contributed by atoms with van der Waals surface area (Å²) < 4.78 is 0. The van der Waals surface area contributed by atoms with E-state index in [4.69, 9.17) is 0 Å². The van der Waals surface area contributed by atoms with Crippen LogP contribution in [0.2, 0.25) is 0 Å². The molecule has 1 aliphatic carbocycles. The summed E-state index contributed by atoms with van der Waals surface area (Å²) in [5.41, 5.74) is 0.418. The standard InChI is InChI=1S/C16H30N2S/c1-12-6-5-7-13(8-12)10-17-15-18-11-14(19-15)9-16(2,3)4/h12-14H,5-11H2,1-4H3,(H,17,18). The van der Waals surface area contributed by atoms with Crippen LogP contribution in [0.25, 0.3) is 0 Å². The van der Waals surface area contributed by atoms with Crippen LogP contribution < -0.4 is 5.32 Å². The molecule has 0 saturated heterocycles. The average molecular weight is 282 g/mol. The van der Waals surface area contributed by atoms with Crippen molar-refractivity contribution in [2.45, 2.75) is 65.0 Å². The lowest BCUT2D eigenvalue weighted by molar-refractivity contribution is 0.283. The molecule has 1 saturated carbocycles. The van der Waals surface area contributed by atoms with E-state index in [0.717, 1.165) is 24.9 Å². The fraction of sp³-hybridized carbons (Fsp3) is 0.938. The maximum atomic E-state index is 4.67. The van der Waals surface area contributed by atoms with Crippen molar-refractivity contribution < 1.29 is 0 Å². The number of nitrogens with one attached hydrogen (secondary N) is 1. The topological polar surface area (TPSA) is 24.4 Å². The average Bonchev–Trinajstić information content (AvgIpc) is 2.72. The molecule has 0 aromatic rings. The van der Waals surface area contributed by atoms with E-state index in [9.17, 15) is 0 Å². The van der Waals surface area contributed by atoms with Crippen LogP contribution in [0.3, 0.4) is 0 Å². The predicted molar refractivity (Wildman–Crippen MR) is 86.9 cm³/mol. The molecular weight excluding hydrogens is 252 g/mol. The molecule has 3 unspecified atom stereocenters. The molecule has 3 atom stereocenters. The van der Waals surface area contributed by atoms with Gasteiger partial charge in [-0.2, -0.15) is 0 Å². The Hall–Kier alpha value is -0.180. The molecule has 2 rings (SSSR count). The van der Waals surface area contributed by atoms with Crippen molar-refractivity contribution in [1.82, 2.24) is 5.32 Å². The highest BCUT2D eigenvalue weighted by atomic mass is 32.2. The van der Waals surface area contributed by atoms with Gasteiger partial charge in [-0.25, -0.2) is 0 Å². The number of hydrogen-bond acceptors (Lipinski definition) is 3. The first kappa shape index (κ1) is 15.2. The summed E-state index contributed by atoms with van der Waals surface area (Å²) in [6.07, 6.45) is 6.91. The van der Waals surface area contributed by atoms with E-state index in [1.165, 1.54) is 37.3 Å². The van der Waals surface area contributed by atoms with E-state index < -0.39 is 0 Å². The smallest absolute Gasteiger partial charge is 0.156 e. The van der Waals surface area contributed by atoms with Crippen LogP contribution in [0.1, 0.15) is 59.8 Å². The van der Waals surface area contributed by atoms with Gasteiger partial charge < -0.3 is 5.32 Å². The van der Waals surface area contributed by atoms with E-state index in [1.54, 1.807) is 0 Å². The SMILES string of the molecule is CC1CCCC(CNC2=NCC(CC(C)(C)C)S2)C1. The molecule has 0 amide bonds. The summed E-state index contributed by atoms with van der Waals surface area (Å²) in [7, 11) is 0. The Kier molecular flexibility index (Phi) is 5.22. The predicted octanol–water partition coefficient (Wildman–Crippen LogP) is 4.31. The van der Waals surface area contributed by atoms with Crippen molar-refractivity contribution >= 4 is 16.9 Å². The summed E-state index contributed by atoms with van der Waals surface area (Å²) in [5.74, 6) is 1.79. The Morgan fingerprint density at radius 3 is 2.79 bits per heavy atom. The van der Waals surface area contributed by atoms with Gasteiger partial charge in [0.05, 0.1) is 6.54 Å². The lowest BCUT2D eigenvalue weighted by Crippen LogP contribution is -2.29. The summed E-state index contributed by atoms with van der Waals surface area (Å²) in [5, 5.41) is 5.49. The highest BCUT2D eigenvalue weighted by Gasteiger charge is 2.25. The van der Waals surface area contributed by atoms with Crippen LogP contribution in [0.5, 0.6) is 0 Å². The van der Waals surface area contributed by atoms with Crippen LogP contribution in [-0.2, 0) is 0 Å². The normalized spacial score (nSPS) is 32.2. The maximum Gasteiger partial charge on any atom is 0.156 e. The quantitative estimate of drug-likeness (QED) is 0.834. The number of rotatable bonds is 3. The number of hydrogen-bond donors (Lipinski definition) is 1. The minimum Gasteiger partial charge on any atom is -0.365 e. The third-order valence-electron chi connectivity index (χ3n) is 4.14. The second-order valence-corrected chi connectivity index (χ2v) is 8.96. The van der Waals surface area contributed by atoms with Crippen LogP contribution in [0.15, 0.2) is 4.99 Å².